The van der Waals surface area contributed by atoms with Crippen LogP contribution in [-0.2, 0) is 0 Å². The van der Waals surface area contributed by atoms with Crippen LogP contribution in [0.1, 0.15) is 17.1 Å². The van der Waals surface area contributed by atoms with Crippen LogP contribution >= 0.6 is 34.7 Å². The molecule has 6 heteroatoms. The van der Waals surface area contributed by atoms with E-state index in [1.807, 2.05) is 13.0 Å². The Morgan fingerprint density at radius 2 is 2.00 bits per heavy atom. The number of rotatable bonds is 4. The van der Waals surface area contributed by atoms with Crippen LogP contribution < -0.4 is 5.73 Å². The molecular formula is C13H12ClF2NS2. The van der Waals surface area contributed by atoms with E-state index in [0.29, 0.717) is 9.23 Å². The van der Waals surface area contributed by atoms with Gasteiger partial charge in [0.2, 0.25) is 0 Å². The van der Waals surface area contributed by atoms with Crippen molar-refractivity contribution in [1.82, 2.24) is 0 Å². The Balaban J connectivity index is 2.26. The Labute approximate surface area is 123 Å². The van der Waals surface area contributed by atoms with E-state index in [1.54, 1.807) is 6.07 Å². The van der Waals surface area contributed by atoms with Gasteiger partial charge >= 0.3 is 0 Å². The van der Waals surface area contributed by atoms with E-state index in [9.17, 15) is 8.78 Å². The average molecular weight is 320 g/mol. The first-order valence-electron chi connectivity index (χ1n) is 5.60. The zero-order valence-electron chi connectivity index (χ0n) is 10.1. The zero-order chi connectivity index (χ0) is 14.0. The van der Waals surface area contributed by atoms with Crippen LogP contribution in [0.5, 0.6) is 0 Å². The maximum Gasteiger partial charge on any atom is 0.139 e. The van der Waals surface area contributed by atoms with Crippen LogP contribution in [0.15, 0.2) is 35.2 Å². The third kappa shape index (κ3) is 3.69. The molecule has 0 bridgehead atoms. The second-order valence-corrected chi connectivity index (χ2v) is 7.04. The highest BCUT2D eigenvalue weighted by atomic mass is 35.5. The van der Waals surface area contributed by atoms with Gasteiger partial charge in [0, 0.05) is 21.9 Å². The van der Waals surface area contributed by atoms with Gasteiger partial charge in [-0.25, -0.2) is 8.78 Å². The molecule has 0 spiro atoms. The summed E-state index contributed by atoms with van der Waals surface area (Å²) in [6.07, 6.45) is 0. The van der Waals surface area contributed by atoms with E-state index in [1.165, 1.54) is 35.2 Å². The molecule has 0 saturated carbocycles. The van der Waals surface area contributed by atoms with Gasteiger partial charge in [0.25, 0.3) is 0 Å². The first kappa shape index (κ1) is 14.8. The summed E-state index contributed by atoms with van der Waals surface area (Å²) in [7, 11) is 0. The molecule has 1 heterocycles. The molecular weight excluding hydrogens is 308 g/mol. The highest BCUT2D eigenvalue weighted by molar-refractivity contribution is 7.99. The largest absolute Gasteiger partial charge is 0.327 e. The van der Waals surface area contributed by atoms with Gasteiger partial charge in [0.05, 0.1) is 9.59 Å². The lowest BCUT2D eigenvalue weighted by atomic mass is 10.2. The first-order chi connectivity index (χ1) is 8.97. The predicted molar refractivity (Wildman–Crippen MR) is 77.9 cm³/mol. The maximum atomic E-state index is 13.7. The van der Waals surface area contributed by atoms with Gasteiger partial charge in [-0.3, -0.25) is 0 Å². The molecule has 1 nitrogen and oxygen atoms in total. The summed E-state index contributed by atoms with van der Waals surface area (Å²) in [6, 6.07) is 7.05. The zero-order valence-corrected chi connectivity index (χ0v) is 12.5. The summed E-state index contributed by atoms with van der Waals surface area (Å²) in [4.78, 5) is 1.36. The summed E-state index contributed by atoms with van der Waals surface area (Å²) in [5.74, 6) is -1.16. The standard InChI is InChI=1S/C13H12ClF2NS2/c1-7(17)13(11-4-5-12(14)18-11)19-10-3-2-8(15)6-9(10)16/h2-7,13H,17H2,1H3. The minimum Gasteiger partial charge on any atom is -0.327 e. The second kappa shape index (κ2) is 6.22. The van der Waals surface area contributed by atoms with Crippen LogP contribution in [0.25, 0.3) is 0 Å². The van der Waals surface area contributed by atoms with E-state index < -0.39 is 11.6 Å². The Hall–Kier alpha value is -0.620. The average Bonchev–Trinajstić information content (AvgIpc) is 2.74. The third-order valence-electron chi connectivity index (χ3n) is 2.50. The first-order valence-corrected chi connectivity index (χ1v) is 7.67. The van der Waals surface area contributed by atoms with E-state index >= 15 is 0 Å². The van der Waals surface area contributed by atoms with E-state index in [0.717, 1.165) is 10.9 Å². The van der Waals surface area contributed by atoms with Crippen LogP contribution in [0.4, 0.5) is 8.78 Å². The molecule has 102 valence electrons. The monoisotopic (exact) mass is 319 g/mol. The molecule has 2 atom stereocenters. The van der Waals surface area contributed by atoms with Gasteiger partial charge in [-0.15, -0.1) is 23.1 Å². The molecule has 0 radical (unpaired) electrons. The normalized spacial score (nSPS) is 14.4. The Morgan fingerprint density at radius 1 is 1.26 bits per heavy atom. The summed E-state index contributed by atoms with van der Waals surface area (Å²) >= 11 is 8.61. The smallest absolute Gasteiger partial charge is 0.139 e. The van der Waals surface area contributed by atoms with Crippen molar-refractivity contribution in [1.29, 1.82) is 0 Å². The number of benzene rings is 1. The molecule has 0 aliphatic rings. The quantitative estimate of drug-likeness (QED) is 0.814. The number of hydrogen-bond donors (Lipinski definition) is 1. The van der Waals surface area contributed by atoms with Crippen molar-refractivity contribution in [3.63, 3.8) is 0 Å². The molecule has 0 aliphatic heterocycles. The van der Waals surface area contributed by atoms with Crippen molar-refractivity contribution in [2.24, 2.45) is 5.73 Å². The van der Waals surface area contributed by atoms with E-state index in [2.05, 4.69) is 0 Å². The molecule has 19 heavy (non-hydrogen) atoms. The fourth-order valence-corrected chi connectivity index (χ4v) is 4.06. The second-order valence-electron chi connectivity index (χ2n) is 4.11. The Kier molecular flexibility index (Phi) is 4.84. The molecule has 0 amide bonds. The molecule has 0 fully saturated rings. The topological polar surface area (TPSA) is 26.0 Å². The third-order valence-corrected chi connectivity index (χ3v) is 5.49. The van der Waals surface area contributed by atoms with Crippen LogP contribution in [0.3, 0.4) is 0 Å². The molecule has 0 aliphatic carbocycles. The van der Waals surface area contributed by atoms with Crippen molar-refractivity contribution < 1.29 is 8.78 Å². The summed E-state index contributed by atoms with van der Waals surface area (Å²) < 4.78 is 27.2. The fourth-order valence-electron chi connectivity index (χ4n) is 1.61. The van der Waals surface area contributed by atoms with Crippen LogP contribution in [0.2, 0.25) is 4.34 Å². The maximum absolute atomic E-state index is 13.7. The molecule has 2 unspecified atom stereocenters. The lowest BCUT2D eigenvalue weighted by Gasteiger charge is -2.19. The molecule has 2 aromatic rings. The van der Waals surface area contributed by atoms with Gasteiger partial charge in [-0.05, 0) is 31.2 Å². The van der Waals surface area contributed by atoms with Gasteiger partial charge in [-0.2, -0.15) is 0 Å². The van der Waals surface area contributed by atoms with Crippen LogP contribution in [-0.4, -0.2) is 6.04 Å². The van der Waals surface area contributed by atoms with Crippen molar-refractivity contribution in [3.8, 4) is 0 Å². The number of thiophene rings is 1. The molecule has 0 saturated heterocycles. The van der Waals surface area contributed by atoms with E-state index in [4.69, 9.17) is 17.3 Å². The van der Waals surface area contributed by atoms with Gasteiger partial charge in [-0.1, -0.05) is 11.6 Å². The van der Waals surface area contributed by atoms with Crippen molar-refractivity contribution in [2.75, 3.05) is 0 Å². The highest BCUT2D eigenvalue weighted by Gasteiger charge is 2.21. The molecule has 2 N–H and O–H groups in total. The van der Waals surface area contributed by atoms with Gasteiger partial charge in [0.1, 0.15) is 11.6 Å². The minimum atomic E-state index is -0.585. The number of thioether (sulfide) groups is 1. The van der Waals surface area contributed by atoms with Crippen molar-refractivity contribution in [3.05, 3.63) is 51.2 Å². The van der Waals surface area contributed by atoms with Crippen molar-refractivity contribution in [2.45, 2.75) is 23.1 Å². The Bertz CT molecular complexity index is 572. The number of nitrogens with two attached hydrogens (primary N) is 1. The Morgan fingerprint density at radius 3 is 2.53 bits per heavy atom. The summed E-state index contributed by atoms with van der Waals surface area (Å²) in [6.45, 7) is 1.85. The van der Waals surface area contributed by atoms with Gasteiger partial charge < -0.3 is 5.73 Å². The lowest BCUT2D eigenvalue weighted by Crippen LogP contribution is -2.21. The van der Waals surface area contributed by atoms with E-state index in [-0.39, 0.29) is 11.3 Å². The summed E-state index contributed by atoms with van der Waals surface area (Å²) in [5.41, 5.74) is 5.95. The molecule has 2 rings (SSSR count). The number of halogens is 3. The lowest BCUT2D eigenvalue weighted by molar-refractivity contribution is 0.565. The fraction of sp³-hybridized carbons (Fsp3) is 0.231. The van der Waals surface area contributed by atoms with Crippen LogP contribution in [0, 0.1) is 11.6 Å². The molecule has 1 aromatic carbocycles. The molecule has 1 aromatic heterocycles. The SMILES string of the molecule is CC(N)C(Sc1ccc(F)cc1F)c1ccc(Cl)s1. The van der Waals surface area contributed by atoms with Gasteiger partial charge in [0.15, 0.2) is 0 Å². The van der Waals surface area contributed by atoms with Crippen molar-refractivity contribution >= 4 is 34.7 Å². The predicted octanol–water partition coefficient (Wildman–Crippen LogP) is 4.86. The number of hydrogen-bond acceptors (Lipinski definition) is 3. The summed E-state index contributed by atoms with van der Waals surface area (Å²) in [5, 5.41) is -0.113. The minimum absolute atomic E-state index is 0.113. The highest BCUT2D eigenvalue weighted by Crippen LogP contribution is 2.42.